The third-order valence-corrected chi connectivity index (χ3v) is 4.73. The Bertz CT molecular complexity index is 787. The average molecular weight is 396 g/mol. The minimum absolute atomic E-state index is 0.177. The second kappa shape index (κ2) is 7.25. The highest BCUT2D eigenvalue weighted by molar-refractivity contribution is 9.10. The summed E-state index contributed by atoms with van der Waals surface area (Å²) >= 11 is 3.32. The summed E-state index contributed by atoms with van der Waals surface area (Å²) in [7, 11) is 4.85. The number of hydrogen-bond donors (Lipinski definition) is 1. The molecule has 1 aromatic carbocycles. The van der Waals surface area contributed by atoms with Gasteiger partial charge in [-0.15, -0.1) is 0 Å². The molecule has 2 rings (SSSR count). The Morgan fingerprint density at radius 1 is 1.25 bits per heavy atom. The zero-order chi connectivity index (χ0) is 17.9. The van der Waals surface area contributed by atoms with Crippen molar-refractivity contribution in [2.75, 3.05) is 26.1 Å². The second-order valence-corrected chi connectivity index (χ2v) is 6.90. The fourth-order valence-electron chi connectivity index (χ4n) is 2.31. The van der Waals surface area contributed by atoms with E-state index in [1.165, 1.54) is 4.68 Å². The largest absolute Gasteiger partial charge is 0.493 e. The molecule has 0 amide bonds. The van der Waals surface area contributed by atoms with Gasteiger partial charge in [0.1, 0.15) is 4.47 Å². The van der Waals surface area contributed by atoms with Gasteiger partial charge in [-0.1, -0.05) is 19.9 Å². The number of anilines is 1. The molecule has 0 aliphatic heterocycles. The van der Waals surface area contributed by atoms with Crippen LogP contribution in [0, 0.1) is 0 Å². The summed E-state index contributed by atoms with van der Waals surface area (Å²) in [5, 5.41) is 7.33. The molecular weight excluding hydrogens is 374 g/mol. The smallest absolute Gasteiger partial charge is 0.282 e. The predicted molar refractivity (Wildman–Crippen MR) is 98.2 cm³/mol. The van der Waals surface area contributed by atoms with E-state index in [0.717, 1.165) is 5.56 Å². The van der Waals surface area contributed by atoms with Gasteiger partial charge in [-0.05, 0) is 33.6 Å². The van der Waals surface area contributed by atoms with Crippen LogP contribution in [-0.4, -0.2) is 30.5 Å². The number of rotatable bonds is 6. The van der Waals surface area contributed by atoms with E-state index in [9.17, 15) is 4.79 Å². The molecule has 0 aliphatic carbocycles. The molecule has 0 fully saturated rings. The number of aryl methyl sites for hydroxylation is 1. The van der Waals surface area contributed by atoms with Crippen molar-refractivity contribution in [3.05, 3.63) is 44.8 Å². The third kappa shape index (κ3) is 3.72. The van der Waals surface area contributed by atoms with E-state index < -0.39 is 0 Å². The topological polar surface area (TPSA) is 65.4 Å². The average Bonchev–Trinajstić information content (AvgIpc) is 2.58. The molecule has 0 saturated carbocycles. The molecule has 0 unspecified atom stereocenters. The molecule has 0 aliphatic rings. The Kier molecular flexibility index (Phi) is 5.54. The van der Waals surface area contributed by atoms with Gasteiger partial charge in [-0.25, -0.2) is 4.68 Å². The first-order valence-corrected chi connectivity index (χ1v) is 8.27. The van der Waals surface area contributed by atoms with Crippen LogP contribution in [0.4, 0.5) is 5.69 Å². The van der Waals surface area contributed by atoms with Crippen molar-refractivity contribution in [1.29, 1.82) is 0 Å². The number of methoxy groups -OCH3 is 2. The molecule has 1 heterocycles. The van der Waals surface area contributed by atoms with Crippen LogP contribution < -0.4 is 20.3 Å². The van der Waals surface area contributed by atoms with Crippen molar-refractivity contribution in [3.63, 3.8) is 0 Å². The summed E-state index contributed by atoms with van der Waals surface area (Å²) in [4.78, 5) is 11.9. The van der Waals surface area contributed by atoms with Crippen molar-refractivity contribution < 1.29 is 9.47 Å². The van der Waals surface area contributed by atoms with E-state index in [1.54, 1.807) is 27.5 Å². The van der Waals surface area contributed by atoms with Gasteiger partial charge in [0.05, 0.1) is 26.1 Å². The van der Waals surface area contributed by atoms with Crippen LogP contribution in [0.1, 0.15) is 19.4 Å². The Morgan fingerprint density at radius 2 is 1.92 bits per heavy atom. The standard InChI is InChI=1S/C17H22BrN3O3/c1-17(2,11-6-7-13(23-4)14(8-11)24-5)10-19-12-9-20-21(3)16(22)15(12)18/h6-9,19H,10H2,1-5H3. The number of halogens is 1. The van der Waals surface area contributed by atoms with Gasteiger partial charge in [0.25, 0.3) is 5.56 Å². The summed E-state index contributed by atoms with van der Waals surface area (Å²) in [6.07, 6.45) is 1.64. The highest BCUT2D eigenvalue weighted by atomic mass is 79.9. The molecule has 6 nitrogen and oxygen atoms in total. The molecule has 2 aromatic rings. The molecular formula is C17H22BrN3O3. The van der Waals surface area contributed by atoms with E-state index in [1.807, 2.05) is 18.2 Å². The van der Waals surface area contributed by atoms with Gasteiger partial charge in [0.15, 0.2) is 11.5 Å². The molecule has 0 spiro atoms. The van der Waals surface area contributed by atoms with Crippen molar-refractivity contribution in [1.82, 2.24) is 9.78 Å². The first kappa shape index (κ1) is 18.3. The second-order valence-electron chi connectivity index (χ2n) is 6.11. The number of nitrogens with zero attached hydrogens (tertiary/aromatic N) is 2. The van der Waals surface area contributed by atoms with Gasteiger partial charge < -0.3 is 14.8 Å². The molecule has 0 bridgehead atoms. The predicted octanol–water partition coefficient (Wildman–Crippen LogP) is 2.95. The normalized spacial score (nSPS) is 11.2. The lowest BCUT2D eigenvalue weighted by atomic mass is 9.84. The van der Waals surface area contributed by atoms with Crippen LogP contribution in [0.25, 0.3) is 0 Å². The monoisotopic (exact) mass is 395 g/mol. The van der Waals surface area contributed by atoms with E-state index in [0.29, 0.717) is 28.2 Å². The van der Waals surface area contributed by atoms with Crippen molar-refractivity contribution >= 4 is 21.6 Å². The lowest BCUT2D eigenvalue weighted by Crippen LogP contribution is -2.29. The maximum absolute atomic E-state index is 11.9. The lowest BCUT2D eigenvalue weighted by Gasteiger charge is -2.27. The van der Waals surface area contributed by atoms with Crippen LogP contribution >= 0.6 is 15.9 Å². The minimum Gasteiger partial charge on any atom is -0.493 e. The molecule has 0 atom stereocenters. The van der Waals surface area contributed by atoms with Crippen molar-refractivity contribution in [3.8, 4) is 11.5 Å². The molecule has 1 N–H and O–H groups in total. The van der Waals surface area contributed by atoms with Gasteiger partial charge in [-0.2, -0.15) is 5.10 Å². The molecule has 7 heteroatoms. The molecule has 24 heavy (non-hydrogen) atoms. The fraction of sp³-hybridized carbons (Fsp3) is 0.412. The van der Waals surface area contributed by atoms with Crippen molar-refractivity contribution in [2.45, 2.75) is 19.3 Å². The Balaban J connectivity index is 2.23. The van der Waals surface area contributed by atoms with Crippen LogP contribution in [0.15, 0.2) is 33.7 Å². The summed E-state index contributed by atoms with van der Waals surface area (Å²) in [5.74, 6) is 1.39. The van der Waals surface area contributed by atoms with E-state index in [4.69, 9.17) is 9.47 Å². The number of benzene rings is 1. The number of ether oxygens (including phenoxy) is 2. The summed E-state index contributed by atoms with van der Waals surface area (Å²) in [6.45, 7) is 4.85. The Morgan fingerprint density at radius 3 is 2.54 bits per heavy atom. The maximum atomic E-state index is 11.9. The van der Waals surface area contributed by atoms with Crippen LogP contribution in [0.5, 0.6) is 11.5 Å². The van der Waals surface area contributed by atoms with E-state index in [2.05, 4.69) is 40.2 Å². The number of nitrogens with one attached hydrogen (secondary N) is 1. The first-order valence-electron chi connectivity index (χ1n) is 7.48. The first-order chi connectivity index (χ1) is 11.3. The number of hydrogen-bond acceptors (Lipinski definition) is 5. The number of aromatic nitrogens is 2. The summed E-state index contributed by atoms with van der Waals surface area (Å²) in [5.41, 5.74) is 1.40. The SMILES string of the molecule is COc1ccc(C(C)(C)CNc2cnn(C)c(=O)c2Br)cc1OC. The zero-order valence-electron chi connectivity index (χ0n) is 14.5. The minimum atomic E-state index is -0.194. The van der Waals surface area contributed by atoms with Gasteiger partial charge in [-0.3, -0.25) is 4.79 Å². The summed E-state index contributed by atoms with van der Waals surface area (Å²) < 4.78 is 12.4. The molecule has 0 radical (unpaired) electrons. The van der Waals surface area contributed by atoms with Crippen molar-refractivity contribution in [2.24, 2.45) is 7.05 Å². The molecule has 130 valence electrons. The Hall–Kier alpha value is -2.02. The van der Waals surface area contributed by atoms with Crippen LogP contribution in [0.3, 0.4) is 0 Å². The highest BCUT2D eigenvalue weighted by Crippen LogP contribution is 2.33. The van der Waals surface area contributed by atoms with Gasteiger partial charge >= 0.3 is 0 Å². The third-order valence-electron chi connectivity index (χ3n) is 3.96. The lowest BCUT2D eigenvalue weighted by molar-refractivity contribution is 0.353. The van der Waals surface area contributed by atoms with Gasteiger partial charge in [0.2, 0.25) is 0 Å². The Labute approximate surface area is 149 Å². The van der Waals surface area contributed by atoms with E-state index >= 15 is 0 Å². The molecule has 0 saturated heterocycles. The fourth-order valence-corrected chi connectivity index (χ4v) is 2.81. The quantitative estimate of drug-likeness (QED) is 0.814. The summed E-state index contributed by atoms with van der Waals surface area (Å²) in [6, 6.07) is 5.88. The van der Waals surface area contributed by atoms with Gasteiger partial charge in [0, 0.05) is 19.0 Å². The van der Waals surface area contributed by atoms with E-state index in [-0.39, 0.29) is 11.0 Å². The zero-order valence-corrected chi connectivity index (χ0v) is 16.1. The maximum Gasteiger partial charge on any atom is 0.282 e. The molecule has 1 aromatic heterocycles. The van der Waals surface area contributed by atoms with Crippen LogP contribution in [0.2, 0.25) is 0 Å². The highest BCUT2D eigenvalue weighted by Gasteiger charge is 2.23. The van der Waals surface area contributed by atoms with Crippen LogP contribution in [-0.2, 0) is 12.5 Å².